The third kappa shape index (κ3) is 3.68. The highest BCUT2D eigenvalue weighted by atomic mass is 32.2. The molecule has 1 rings (SSSR count). The number of rotatable bonds is 6. The van der Waals surface area contributed by atoms with Crippen LogP contribution in [0.5, 0.6) is 0 Å². The van der Waals surface area contributed by atoms with E-state index in [9.17, 15) is 8.42 Å². The van der Waals surface area contributed by atoms with E-state index in [2.05, 4.69) is 33.0 Å². The van der Waals surface area contributed by atoms with Gasteiger partial charge in [-0.1, -0.05) is 27.7 Å². The van der Waals surface area contributed by atoms with Gasteiger partial charge in [-0.3, -0.25) is 0 Å². The standard InChI is InChI=1S/C13H27NO2S/c1-5-13(6-2,10-14-11(3)4)12-7-8-17(15,16)9-12/h11-12,14H,5-10H2,1-4H3. The highest BCUT2D eigenvalue weighted by molar-refractivity contribution is 7.91. The van der Waals surface area contributed by atoms with Gasteiger partial charge < -0.3 is 5.32 Å². The van der Waals surface area contributed by atoms with Crippen LogP contribution in [0.15, 0.2) is 0 Å². The largest absolute Gasteiger partial charge is 0.314 e. The van der Waals surface area contributed by atoms with Gasteiger partial charge in [-0.2, -0.15) is 0 Å². The lowest BCUT2D eigenvalue weighted by molar-refractivity contribution is 0.151. The van der Waals surface area contributed by atoms with E-state index in [1.807, 2.05) is 0 Å². The molecule has 1 aliphatic rings. The Kier molecular flexibility index (Phi) is 5.02. The van der Waals surface area contributed by atoms with E-state index >= 15 is 0 Å². The zero-order chi connectivity index (χ0) is 13.1. The molecule has 0 aromatic heterocycles. The highest BCUT2D eigenvalue weighted by Gasteiger charge is 2.42. The van der Waals surface area contributed by atoms with Crippen molar-refractivity contribution >= 4 is 9.84 Å². The predicted octanol–water partition coefficient (Wildman–Crippen LogP) is 2.23. The van der Waals surface area contributed by atoms with Gasteiger partial charge in [-0.05, 0) is 30.6 Å². The fourth-order valence-corrected chi connectivity index (χ4v) is 4.85. The molecule has 1 N–H and O–H groups in total. The lowest BCUT2D eigenvalue weighted by Crippen LogP contribution is -2.42. The van der Waals surface area contributed by atoms with Gasteiger partial charge in [-0.25, -0.2) is 8.42 Å². The number of nitrogens with one attached hydrogen (secondary N) is 1. The van der Waals surface area contributed by atoms with Crippen molar-refractivity contribution in [1.82, 2.24) is 5.32 Å². The third-order valence-electron chi connectivity index (χ3n) is 4.37. The number of hydrogen-bond donors (Lipinski definition) is 1. The van der Waals surface area contributed by atoms with Crippen LogP contribution in [0.1, 0.15) is 47.0 Å². The number of hydrogen-bond acceptors (Lipinski definition) is 3. The summed E-state index contributed by atoms with van der Waals surface area (Å²) in [5.74, 6) is 1.13. The van der Waals surface area contributed by atoms with Crippen molar-refractivity contribution in [2.75, 3.05) is 18.1 Å². The lowest BCUT2D eigenvalue weighted by Gasteiger charge is -2.38. The number of sulfone groups is 1. The molecule has 102 valence electrons. The highest BCUT2D eigenvalue weighted by Crippen LogP contribution is 2.41. The van der Waals surface area contributed by atoms with Gasteiger partial charge in [0.2, 0.25) is 0 Å². The first-order valence-corrected chi connectivity index (χ1v) is 8.61. The average Bonchev–Trinajstić information content (AvgIpc) is 2.61. The molecule has 3 nitrogen and oxygen atoms in total. The molecule has 0 bridgehead atoms. The maximum absolute atomic E-state index is 11.6. The Bertz CT molecular complexity index is 331. The molecule has 4 heteroatoms. The van der Waals surface area contributed by atoms with Crippen molar-refractivity contribution in [2.45, 2.75) is 53.0 Å². The third-order valence-corrected chi connectivity index (χ3v) is 6.14. The van der Waals surface area contributed by atoms with Crippen molar-refractivity contribution < 1.29 is 8.42 Å². The van der Waals surface area contributed by atoms with Gasteiger partial charge in [0.15, 0.2) is 9.84 Å². The smallest absolute Gasteiger partial charge is 0.150 e. The van der Waals surface area contributed by atoms with Crippen LogP contribution in [0.2, 0.25) is 0 Å². The molecule has 1 aliphatic heterocycles. The Hall–Kier alpha value is -0.0900. The molecule has 0 aromatic carbocycles. The molecule has 1 saturated heterocycles. The Morgan fingerprint density at radius 2 is 1.88 bits per heavy atom. The normalized spacial score (nSPS) is 24.4. The van der Waals surface area contributed by atoms with Gasteiger partial charge in [0.05, 0.1) is 11.5 Å². The minimum absolute atomic E-state index is 0.161. The predicted molar refractivity (Wildman–Crippen MR) is 72.9 cm³/mol. The molecule has 1 atom stereocenters. The van der Waals surface area contributed by atoms with Crippen molar-refractivity contribution in [2.24, 2.45) is 11.3 Å². The van der Waals surface area contributed by atoms with E-state index in [1.54, 1.807) is 0 Å². The van der Waals surface area contributed by atoms with Crippen LogP contribution < -0.4 is 5.32 Å². The van der Waals surface area contributed by atoms with Gasteiger partial charge in [0.25, 0.3) is 0 Å². The van der Waals surface area contributed by atoms with Gasteiger partial charge >= 0.3 is 0 Å². The molecule has 0 spiro atoms. The van der Waals surface area contributed by atoms with Gasteiger partial charge in [0, 0.05) is 12.6 Å². The second-order valence-electron chi connectivity index (χ2n) is 5.71. The molecule has 0 radical (unpaired) electrons. The van der Waals surface area contributed by atoms with Crippen LogP contribution in [0.4, 0.5) is 0 Å². The molecule has 1 heterocycles. The SMILES string of the molecule is CCC(CC)(CNC(C)C)C1CCS(=O)(=O)C1. The first-order valence-electron chi connectivity index (χ1n) is 6.79. The maximum Gasteiger partial charge on any atom is 0.150 e. The fourth-order valence-electron chi connectivity index (χ4n) is 2.91. The molecule has 17 heavy (non-hydrogen) atoms. The van der Waals surface area contributed by atoms with E-state index in [0.29, 0.717) is 23.5 Å². The van der Waals surface area contributed by atoms with Crippen molar-refractivity contribution in [1.29, 1.82) is 0 Å². The Morgan fingerprint density at radius 1 is 1.29 bits per heavy atom. The molecule has 0 saturated carbocycles. The zero-order valence-electron chi connectivity index (χ0n) is 11.6. The van der Waals surface area contributed by atoms with Crippen LogP contribution >= 0.6 is 0 Å². The topological polar surface area (TPSA) is 46.2 Å². The lowest BCUT2D eigenvalue weighted by atomic mass is 9.71. The molecule has 0 amide bonds. The molecular weight excluding hydrogens is 234 g/mol. The summed E-state index contributed by atoms with van der Waals surface area (Å²) in [4.78, 5) is 0. The zero-order valence-corrected chi connectivity index (χ0v) is 12.4. The van der Waals surface area contributed by atoms with E-state index < -0.39 is 9.84 Å². The summed E-state index contributed by atoms with van der Waals surface area (Å²) in [6, 6.07) is 0.463. The van der Waals surface area contributed by atoms with E-state index in [-0.39, 0.29) is 5.41 Å². The van der Waals surface area contributed by atoms with Crippen molar-refractivity contribution in [3.63, 3.8) is 0 Å². The Balaban J connectivity index is 2.77. The molecule has 0 aromatic rings. The van der Waals surface area contributed by atoms with E-state index in [0.717, 1.165) is 25.8 Å². The van der Waals surface area contributed by atoms with Crippen molar-refractivity contribution in [3.05, 3.63) is 0 Å². The summed E-state index contributed by atoms with van der Waals surface area (Å²) in [6.45, 7) is 9.60. The molecule has 0 aliphatic carbocycles. The van der Waals surface area contributed by atoms with Crippen LogP contribution in [-0.2, 0) is 9.84 Å². The summed E-state index contributed by atoms with van der Waals surface area (Å²) >= 11 is 0. The van der Waals surface area contributed by atoms with Crippen LogP contribution in [0.25, 0.3) is 0 Å². The van der Waals surface area contributed by atoms with Gasteiger partial charge in [-0.15, -0.1) is 0 Å². The summed E-state index contributed by atoms with van der Waals surface area (Å²) in [6.07, 6.45) is 2.97. The van der Waals surface area contributed by atoms with Crippen LogP contribution in [0, 0.1) is 11.3 Å². The molecular formula is C13H27NO2S. The summed E-state index contributed by atoms with van der Waals surface area (Å²) in [5.41, 5.74) is 0.161. The summed E-state index contributed by atoms with van der Waals surface area (Å²) in [7, 11) is -2.77. The van der Waals surface area contributed by atoms with Crippen LogP contribution in [0.3, 0.4) is 0 Å². The van der Waals surface area contributed by atoms with E-state index in [4.69, 9.17) is 0 Å². The van der Waals surface area contributed by atoms with Crippen LogP contribution in [-0.4, -0.2) is 32.5 Å². The quantitative estimate of drug-likeness (QED) is 0.797. The van der Waals surface area contributed by atoms with E-state index in [1.165, 1.54) is 0 Å². The molecule has 1 unspecified atom stereocenters. The first-order chi connectivity index (χ1) is 7.85. The second-order valence-corrected chi connectivity index (χ2v) is 7.93. The monoisotopic (exact) mass is 261 g/mol. The summed E-state index contributed by atoms with van der Waals surface area (Å²) < 4.78 is 23.3. The molecule has 1 fully saturated rings. The minimum Gasteiger partial charge on any atom is -0.314 e. The Labute approximate surface area is 106 Å². The maximum atomic E-state index is 11.6. The van der Waals surface area contributed by atoms with Gasteiger partial charge in [0.1, 0.15) is 0 Å². The minimum atomic E-state index is -2.77. The fraction of sp³-hybridized carbons (Fsp3) is 1.00. The van der Waals surface area contributed by atoms with Crippen molar-refractivity contribution in [3.8, 4) is 0 Å². The average molecular weight is 261 g/mol. The second kappa shape index (κ2) is 5.70. The Morgan fingerprint density at radius 3 is 2.24 bits per heavy atom. The first kappa shape index (κ1) is 15.0. The summed E-state index contributed by atoms with van der Waals surface area (Å²) in [5, 5.41) is 3.50.